The molecule has 104 valence electrons. The first-order valence-corrected chi connectivity index (χ1v) is 8.46. The van der Waals surface area contributed by atoms with E-state index in [4.69, 9.17) is 0 Å². The summed E-state index contributed by atoms with van der Waals surface area (Å²) in [5.74, 6) is 1.27. The SMILES string of the molecule is O=C(CNCC1CCCCS1)Nc1ccccc1Br. The van der Waals surface area contributed by atoms with Crippen molar-refractivity contribution in [3.8, 4) is 0 Å². The van der Waals surface area contributed by atoms with Gasteiger partial charge in [0.2, 0.25) is 5.91 Å². The molecule has 2 rings (SSSR count). The molecule has 0 radical (unpaired) electrons. The molecule has 1 unspecified atom stereocenters. The van der Waals surface area contributed by atoms with E-state index in [1.54, 1.807) is 0 Å². The first kappa shape index (κ1) is 14.9. The third kappa shape index (κ3) is 5.16. The van der Waals surface area contributed by atoms with Crippen molar-refractivity contribution in [1.29, 1.82) is 0 Å². The van der Waals surface area contributed by atoms with Crippen molar-refractivity contribution in [2.45, 2.75) is 24.5 Å². The Morgan fingerprint density at radius 1 is 1.37 bits per heavy atom. The highest BCUT2D eigenvalue weighted by molar-refractivity contribution is 9.10. The van der Waals surface area contributed by atoms with Crippen LogP contribution in [0.2, 0.25) is 0 Å². The molecule has 0 bridgehead atoms. The molecular formula is C14H19BrN2OS. The van der Waals surface area contributed by atoms with Gasteiger partial charge in [-0.15, -0.1) is 0 Å². The van der Waals surface area contributed by atoms with Crippen LogP contribution in [0.4, 0.5) is 5.69 Å². The number of hydrogen-bond acceptors (Lipinski definition) is 3. The van der Waals surface area contributed by atoms with Crippen LogP contribution in [0.3, 0.4) is 0 Å². The average molecular weight is 343 g/mol. The smallest absolute Gasteiger partial charge is 0.238 e. The maximum absolute atomic E-state index is 11.8. The molecule has 0 saturated carbocycles. The Morgan fingerprint density at radius 2 is 2.21 bits per heavy atom. The van der Waals surface area contributed by atoms with Gasteiger partial charge in [-0.1, -0.05) is 18.6 Å². The number of benzene rings is 1. The van der Waals surface area contributed by atoms with Crippen molar-refractivity contribution in [3.05, 3.63) is 28.7 Å². The summed E-state index contributed by atoms with van der Waals surface area (Å²) in [6, 6.07) is 7.64. The summed E-state index contributed by atoms with van der Waals surface area (Å²) in [7, 11) is 0. The summed E-state index contributed by atoms with van der Waals surface area (Å²) in [6.07, 6.45) is 3.93. The summed E-state index contributed by atoms with van der Waals surface area (Å²) >= 11 is 5.44. The Kier molecular flexibility index (Phi) is 6.20. The minimum atomic E-state index is 0.00714. The molecule has 1 aromatic rings. The number of anilines is 1. The summed E-state index contributed by atoms with van der Waals surface area (Å²) < 4.78 is 0.909. The number of carbonyl (C=O) groups excluding carboxylic acids is 1. The van der Waals surface area contributed by atoms with Gasteiger partial charge in [-0.2, -0.15) is 11.8 Å². The van der Waals surface area contributed by atoms with Crippen molar-refractivity contribution in [2.24, 2.45) is 0 Å². The minimum absolute atomic E-state index is 0.00714. The summed E-state index contributed by atoms with van der Waals surface area (Å²) in [4.78, 5) is 11.8. The van der Waals surface area contributed by atoms with Gasteiger partial charge in [0.1, 0.15) is 0 Å². The highest BCUT2D eigenvalue weighted by Gasteiger charge is 2.13. The first-order chi connectivity index (χ1) is 9.25. The topological polar surface area (TPSA) is 41.1 Å². The van der Waals surface area contributed by atoms with E-state index in [1.165, 1.54) is 25.0 Å². The van der Waals surface area contributed by atoms with Gasteiger partial charge in [-0.05, 0) is 46.7 Å². The molecule has 1 amide bonds. The van der Waals surface area contributed by atoms with Gasteiger partial charge >= 0.3 is 0 Å². The van der Waals surface area contributed by atoms with Crippen LogP contribution in [-0.2, 0) is 4.79 Å². The molecular weight excluding hydrogens is 324 g/mol. The maximum atomic E-state index is 11.8. The fourth-order valence-electron chi connectivity index (χ4n) is 2.07. The lowest BCUT2D eigenvalue weighted by atomic mass is 10.2. The molecule has 1 fully saturated rings. The predicted octanol–water partition coefficient (Wildman–Crippen LogP) is 3.26. The monoisotopic (exact) mass is 342 g/mol. The summed E-state index contributed by atoms with van der Waals surface area (Å²) in [5, 5.41) is 6.81. The maximum Gasteiger partial charge on any atom is 0.238 e. The standard InChI is InChI=1S/C14H19BrN2OS/c15-12-6-1-2-7-13(12)17-14(18)10-16-9-11-5-3-4-8-19-11/h1-2,6-7,11,16H,3-5,8-10H2,(H,17,18). The zero-order valence-electron chi connectivity index (χ0n) is 10.8. The van der Waals surface area contributed by atoms with Crippen LogP contribution in [0.1, 0.15) is 19.3 Å². The fraction of sp³-hybridized carbons (Fsp3) is 0.500. The van der Waals surface area contributed by atoms with E-state index in [9.17, 15) is 4.79 Å². The number of rotatable bonds is 5. The molecule has 0 aliphatic carbocycles. The first-order valence-electron chi connectivity index (χ1n) is 6.62. The zero-order chi connectivity index (χ0) is 13.5. The molecule has 0 spiro atoms. The van der Waals surface area contributed by atoms with Crippen LogP contribution in [0.5, 0.6) is 0 Å². The van der Waals surface area contributed by atoms with E-state index in [1.807, 2.05) is 36.0 Å². The number of carbonyl (C=O) groups is 1. The summed E-state index contributed by atoms with van der Waals surface area (Å²) in [6.45, 7) is 1.30. The lowest BCUT2D eigenvalue weighted by Gasteiger charge is -2.21. The van der Waals surface area contributed by atoms with Crippen molar-refractivity contribution in [2.75, 3.05) is 24.2 Å². The van der Waals surface area contributed by atoms with Gasteiger partial charge in [0.25, 0.3) is 0 Å². The van der Waals surface area contributed by atoms with Crippen LogP contribution in [0.25, 0.3) is 0 Å². The van der Waals surface area contributed by atoms with Crippen molar-refractivity contribution in [1.82, 2.24) is 5.32 Å². The van der Waals surface area contributed by atoms with Crippen LogP contribution < -0.4 is 10.6 Å². The highest BCUT2D eigenvalue weighted by Crippen LogP contribution is 2.24. The van der Waals surface area contributed by atoms with Crippen molar-refractivity contribution in [3.63, 3.8) is 0 Å². The normalized spacial score (nSPS) is 19.1. The van der Waals surface area contributed by atoms with E-state index in [0.29, 0.717) is 11.8 Å². The second-order valence-electron chi connectivity index (χ2n) is 4.65. The third-order valence-electron chi connectivity index (χ3n) is 3.08. The van der Waals surface area contributed by atoms with E-state index in [-0.39, 0.29) is 5.91 Å². The minimum Gasteiger partial charge on any atom is -0.324 e. The lowest BCUT2D eigenvalue weighted by Crippen LogP contribution is -2.33. The van der Waals surface area contributed by atoms with Gasteiger partial charge in [0.05, 0.1) is 12.2 Å². The second-order valence-corrected chi connectivity index (χ2v) is 6.91. The van der Waals surface area contributed by atoms with Crippen LogP contribution in [0.15, 0.2) is 28.7 Å². The molecule has 3 nitrogen and oxygen atoms in total. The average Bonchev–Trinajstić information content (AvgIpc) is 2.43. The molecule has 1 heterocycles. The number of halogens is 1. The van der Waals surface area contributed by atoms with Crippen LogP contribution >= 0.6 is 27.7 Å². The molecule has 1 aliphatic rings. The van der Waals surface area contributed by atoms with Gasteiger partial charge in [-0.3, -0.25) is 4.79 Å². The van der Waals surface area contributed by atoms with E-state index in [0.717, 1.165) is 16.7 Å². The quantitative estimate of drug-likeness (QED) is 0.862. The Balaban J connectivity index is 1.68. The third-order valence-corrected chi connectivity index (χ3v) is 5.17. The molecule has 1 aromatic carbocycles. The molecule has 0 aromatic heterocycles. The number of amides is 1. The zero-order valence-corrected chi connectivity index (χ0v) is 13.2. The largest absolute Gasteiger partial charge is 0.324 e. The second kappa shape index (κ2) is 7.92. The van der Waals surface area contributed by atoms with Gasteiger partial charge in [0.15, 0.2) is 0 Å². The molecule has 1 atom stereocenters. The molecule has 1 aliphatic heterocycles. The van der Waals surface area contributed by atoms with E-state index < -0.39 is 0 Å². The number of nitrogens with one attached hydrogen (secondary N) is 2. The Bertz CT molecular complexity index is 422. The van der Waals surface area contributed by atoms with Crippen LogP contribution in [0, 0.1) is 0 Å². The lowest BCUT2D eigenvalue weighted by molar-refractivity contribution is -0.115. The Labute approximate surface area is 127 Å². The Hall–Kier alpha value is -0.520. The number of thioether (sulfide) groups is 1. The van der Waals surface area contributed by atoms with Crippen molar-refractivity contribution < 1.29 is 4.79 Å². The van der Waals surface area contributed by atoms with Gasteiger partial charge in [-0.25, -0.2) is 0 Å². The van der Waals surface area contributed by atoms with Crippen molar-refractivity contribution >= 4 is 39.3 Å². The fourth-order valence-corrected chi connectivity index (χ4v) is 3.73. The number of hydrogen-bond donors (Lipinski definition) is 2. The Morgan fingerprint density at radius 3 is 2.95 bits per heavy atom. The predicted molar refractivity (Wildman–Crippen MR) is 85.7 cm³/mol. The van der Waals surface area contributed by atoms with Gasteiger partial charge < -0.3 is 10.6 Å². The molecule has 19 heavy (non-hydrogen) atoms. The van der Waals surface area contributed by atoms with Crippen LogP contribution in [-0.4, -0.2) is 30.0 Å². The highest BCUT2D eigenvalue weighted by atomic mass is 79.9. The summed E-state index contributed by atoms with van der Waals surface area (Å²) in [5.41, 5.74) is 0.821. The molecule has 1 saturated heterocycles. The molecule has 2 N–H and O–H groups in total. The van der Waals surface area contributed by atoms with E-state index >= 15 is 0 Å². The number of para-hydroxylation sites is 1. The molecule has 5 heteroatoms. The van der Waals surface area contributed by atoms with Gasteiger partial charge in [0, 0.05) is 16.3 Å². The van der Waals surface area contributed by atoms with E-state index in [2.05, 4.69) is 26.6 Å².